The second-order valence-corrected chi connectivity index (χ2v) is 7.88. The lowest BCUT2D eigenvalue weighted by Crippen LogP contribution is -1.93. The normalized spacial score (nSPS) is 11.0. The van der Waals surface area contributed by atoms with E-state index in [0.29, 0.717) is 10.7 Å². The predicted octanol–water partition coefficient (Wildman–Crippen LogP) is 6.67. The maximum Gasteiger partial charge on any atom is 0.167 e. The Kier molecular flexibility index (Phi) is 5.06. The number of hydrogen-bond donors (Lipinski definition) is 0. The van der Waals surface area contributed by atoms with Crippen molar-refractivity contribution in [3.63, 3.8) is 0 Å². The van der Waals surface area contributed by atoms with Crippen LogP contribution in [-0.2, 0) is 5.75 Å². The highest BCUT2D eigenvalue weighted by Gasteiger charge is 2.16. The lowest BCUT2D eigenvalue weighted by Gasteiger charge is -2.10. The monoisotopic (exact) mass is 391 g/mol. The van der Waals surface area contributed by atoms with Gasteiger partial charge in [-0.3, -0.25) is 4.79 Å². The van der Waals surface area contributed by atoms with Crippen molar-refractivity contribution in [2.45, 2.75) is 17.6 Å². The highest BCUT2D eigenvalue weighted by Crippen LogP contribution is 2.38. The molecule has 4 rings (SSSR count). The van der Waals surface area contributed by atoms with E-state index in [2.05, 4.69) is 31.2 Å². The summed E-state index contributed by atoms with van der Waals surface area (Å²) in [5.41, 5.74) is 5.99. The van der Waals surface area contributed by atoms with Gasteiger partial charge in [0.05, 0.1) is 5.69 Å². The van der Waals surface area contributed by atoms with Crippen LogP contribution in [0.3, 0.4) is 0 Å². The lowest BCUT2D eigenvalue weighted by atomic mass is 10.1. The zero-order valence-corrected chi connectivity index (χ0v) is 16.4. The number of aldehydes is 1. The van der Waals surface area contributed by atoms with Crippen molar-refractivity contribution in [2.75, 3.05) is 0 Å². The number of pyridine rings is 1. The number of aryl methyl sites for hydroxylation is 1. The standard InChI is InChI=1S/C23H18ClNOS/c1-16-6-5-11-25-21(16)13-19(22(25)14-26)20-12-18(24)9-10-23(20)27-15-17-7-3-2-4-8-17/h2-14H,15H2,1H3. The van der Waals surface area contributed by atoms with Crippen LogP contribution in [0.15, 0.2) is 77.8 Å². The maximum absolute atomic E-state index is 11.9. The van der Waals surface area contributed by atoms with Gasteiger partial charge in [-0.1, -0.05) is 48.0 Å². The molecule has 0 saturated heterocycles. The Morgan fingerprint density at radius 1 is 1.00 bits per heavy atom. The number of rotatable bonds is 5. The Bertz CT molecular complexity index is 1120. The molecular formula is C23H18ClNOS. The van der Waals surface area contributed by atoms with E-state index in [0.717, 1.165) is 39.1 Å². The Balaban J connectivity index is 1.82. The van der Waals surface area contributed by atoms with Gasteiger partial charge in [0.1, 0.15) is 0 Å². The fourth-order valence-corrected chi connectivity index (χ4v) is 4.45. The summed E-state index contributed by atoms with van der Waals surface area (Å²) >= 11 is 8.06. The van der Waals surface area contributed by atoms with Gasteiger partial charge in [0.2, 0.25) is 0 Å². The summed E-state index contributed by atoms with van der Waals surface area (Å²) in [5.74, 6) is 0.859. The van der Waals surface area contributed by atoms with Gasteiger partial charge in [-0.15, -0.1) is 11.8 Å². The first kappa shape index (κ1) is 17.9. The molecule has 0 unspecified atom stereocenters. The Morgan fingerprint density at radius 3 is 2.59 bits per heavy atom. The van der Waals surface area contributed by atoms with E-state index in [1.807, 2.05) is 53.1 Å². The molecule has 2 heterocycles. The Morgan fingerprint density at radius 2 is 1.81 bits per heavy atom. The zero-order chi connectivity index (χ0) is 18.8. The van der Waals surface area contributed by atoms with Gasteiger partial charge in [-0.25, -0.2) is 0 Å². The van der Waals surface area contributed by atoms with Crippen molar-refractivity contribution in [3.8, 4) is 11.1 Å². The fraction of sp³-hybridized carbons (Fsp3) is 0.0870. The number of aromatic nitrogens is 1. The minimum atomic E-state index is 0.650. The molecule has 134 valence electrons. The number of carbonyl (C=O) groups is 1. The average molecular weight is 392 g/mol. The number of nitrogens with zero attached hydrogens (tertiary/aromatic N) is 1. The quantitative estimate of drug-likeness (QED) is 0.280. The summed E-state index contributed by atoms with van der Waals surface area (Å²) in [5, 5.41) is 0.665. The molecule has 2 aromatic heterocycles. The first-order valence-corrected chi connectivity index (χ1v) is 10.1. The molecule has 27 heavy (non-hydrogen) atoms. The molecule has 0 radical (unpaired) electrons. The summed E-state index contributed by atoms with van der Waals surface area (Å²) in [6, 6.07) is 22.3. The van der Waals surface area contributed by atoms with Crippen LogP contribution in [0, 0.1) is 6.92 Å². The van der Waals surface area contributed by atoms with E-state index >= 15 is 0 Å². The van der Waals surface area contributed by atoms with Gasteiger partial charge >= 0.3 is 0 Å². The zero-order valence-electron chi connectivity index (χ0n) is 14.9. The molecule has 0 aliphatic carbocycles. The number of fused-ring (bicyclic) bond motifs is 1. The maximum atomic E-state index is 11.9. The minimum Gasteiger partial charge on any atom is -0.313 e. The molecule has 2 aromatic carbocycles. The van der Waals surface area contributed by atoms with E-state index in [1.165, 1.54) is 5.56 Å². The van der Waals surface area contributed by atoms with Gasteiger partial charge in [0.15, 0.2) is 6.29 Å². The highest BCUT2D eigenvalue weighted by atomic mass is 35.5. The van der Waals surface area contributed by atoms with Crippen molar-refractivity contribution >= 4 is 35.2 Å². The van der Waals surface area contributed by atoms with Gasteiger partial charge in [-0.2, -0.15) is 0 Å². The highest BCUT2D eigenvalue weighted by molar-refractivity contribution is 7.98. The number of thioether (sulfide) groups is 1. The van der Waals surface area contributed by atoms with Crippen molar-refractivity contribution < 1.29 is 4.79 Å². The van der Waals surface area contributed by atoms with Crippen LogP contribution in [0.1, 0.15) is 21.6 Å². The van der Waals surface area contributed by atoms with E-state index in [-0.39, 0.29) is 0 Å². The van der Waals surface area contributed by atoms with Crippen LogP contribution < -0.4 is 0 Å². The van der Waals surface area contributed by atoms with Crippen LogP contribution in [0.4, 0.5) is 0 Å². The molecule has 0 aliphatic heterocycles. The third-order valence-electron chi connectivity index (χ3n) is 4.64. The van der Waals surface area contributed by atoms with Crippen LogP contribution in [0.2, 0.25) is 5.02 Å². The van der Waals surface area contributed by atoms with Crippen LogP contribution in [-0.4, -0.2) is 10.7 Å². The molecule has 4 heteroatoms. The van der Waals surface area contributed by atoms with Crippen molar-refractivity contribution in [1.82, 2.24) is 4.40 Å². The summed E-state index contributed by atoms with van der Waals surface area (Å²) in [7, 11) is 0. The molecular weight excluding hydrogens is 374 g/mol. The van der Waals surface area contributed by atoms with Crippen molar-refractivity contribution in [1.29, 1.82) is 0 Å². The molecule has 0 fully saturated rings. The molecule has 0 bridgehead atoms. The molecule has 0 spiro atoms. The number of carbonyl (C=O) groups excluding carboxylic acids is 1. The molecule has 0 amide bonds. The fourth-order valence-electron chi connectivity index (χ4n) is 3.27. The third kappa shape index (κ3) is 3.53. The SMILES string of the molecule is Cc1cccn2c(C=O)c(-c3cc(Cl)ccc3SCc3ccccc3)cc12. The second-order valence-electron chi connectivity index (χ2n) is 6.42. The van der Waals surface area contributed by atoms with Gasteiger partial charge < -0.3 is 4.40 Å². The largest absolute Gasteiger partial charge is 0.313 e. The van der Waals surface area contributed by atoms with Crippen molar-refractivity contribution in [3.05, 3.63) is 94.8 Å². The predicted molar refractivity (Wildman–Crippen MR) is 114 cm³/mol. The van der Waals surface area contributed by atoms with E-state index < -0.39 is 0 Å². The summed E-state index contributed by atoms with van der Waals surface area (Å²) in [6.45, 7) is 2.05. The average Bonchev–Trinajstić information content (AvgIpc) is 3.07. The van der Waals surface area contributed by atoms with Gasteiger partial charge in [0.25, 0.3) is 0 Å². The van der Waals surface area contributed by atoms with Crippen molar-refractivity contribution in [2.24, 2.45) is 0 Å². The third-order valence-corrected chi connectivity index (χ3v) is 6.02. The smallest absolute Gasteiger partial charge is 0.167 e. The number of halogens is 1. The molecule has 2 nitrogen and oxygen atoms in total. The Labute approximate surface area is 167 Å². The minimum absolute atomic E-state index is 0.650. The summed E-state index contributed by atoms with van der Waals surface area (Å²) < 4.78 is 1.95. The second kappa shape index (κ2) is 7.63. The van der Waals surface area contributed by atoms with Crippen LogP contribution in [0.5, 0.6) is 0 Å². The molecule has 4 aromatic rings. The van der Waals surface area contributed by atoms with Gasteiger partial charge in [-0.05, 0) is 53.9 Å². The van der Waals surface area contributed by atoms with Crippen LogP contribution in [0.25, 0.3) is 16.6 Å². The van der Waals surface area contributed by atoms with E-state index in [9.17, 15) is 4.79 Å². The van der Waals surface area contributed by atoms with Gasteiger partial charge in [0, 0.05) is 32.9 Å². The summed E-state index contributed by atoms with van der Waals surface area (Å²) in [4.78, 5) is 13.0. The summed E-state index contributed by atoms with van der Waals surface area (Å²) in [6.07, 6.45) is 2.85. The first-order chi connectivity index (χ1) is 13.2. The molecule has 0 aliphatic rings. The number of hydrogen-bond acceptors (Lipinski definition) is 2. The molecule has 0 atom stereocenters. The first-order valence-electron chi connectivity index (χ1n) is 8.70. The van der Waals surface area contributed by atoms with E-state index in [1.54, 1.807) is 11.8 Å². The Hall–Kier alpha value is -2.49. The molecule has 0 N–H and O–H groups in total. The van der Waals surface area contributed by atoms with Crippen LogP contribution >= 0.6 is 23.4 Å². The van der Waals surface area contributed by atoms with E-state index in [4.69, 9.17) is 11.6 Å². The molecule has 0 saturated carbocycles. The topological polar surface area (TPSA) is 21.5 Å². The number of benzene rings is 2. The lowest BCUT2D eigenvalue weighted by molar-refractivity contribution is 0.111.